The van der Waals surface area contributed by atoms with Crippen molar-refractivity contribution in [2.24, 2.45) is 0 Å². The summed E-state index contributed by atoms with van der Waals surface area (Å²) < 4.78 is 5.22. The average molecular weight is 309 g/mol. The maximum absolute atomic E-state index is 12.0. The Labute approximate surface area is 138 Å². The predicted molar refractivity (Wildman–Crippen MR) is 95.8 cm³/mol. The molecule has 0 spiro atoms. The standard InChI is InChI=1S/C20H23NO2/c1-20(2,3)16-12-9-15(10-13-16)11-14-19(22)21-17-7-5-6-8-18(17)23-4/h5-14H,1-4H3,(H,21,22)/b14-11+. The number of methoxy groups -OCH3 is 1. The summed E-state index contributed by atoms with van der Waals surface area (Å²) in [6, 6.07) is 15.6. The maximum Gasteiger partial charge on any atom is 0.248 e. The fourth-order valence-electron chi connectivity index (χ4n) is 2.19. The Morgan fingerprint density at radius 3 is 2.30 bits per heavy atom. The van der Waals surface area contributed by atoms with Crippen LogP contribution < -0.4 is 10.1 Å². The molecule has 0 bridgehead atoms. The van der Waals surface area contributed by atoms with E-state index in [0.29, 0.717) is 11.4 Å². The smallest absolute Gasteiger partial charge is 0.248 e. The number of benzene rings is 2. The second-order valence-electron chi connectivity index (χ2n) is 6.39. The molecule has 3 nitrogen and oxygen atoms in total. The van der Waals surface area contributed by atoms with Crippen LogP contribution in [-0.2, 0) is 10.2 Å². The van der Waals surface area contributed by atoms with Crippen molar-refractivity contribution in [3.8, 4) is 5.75 Å². The minimum atomic E-state index is -0.186. The molecule has 0 saturated carbocycles. The predicted octanol–water partition coefficient (Wildman–Crippen LogP) is 4.64. The largest absolute Gasteiger partial charge is 0.495 e. The van der Waals surface area contributed by atoms with Crippen LogP contribution in [0, 0.1) is 0 Å². The van der Waals surface area contributed by atoms with Crippen LogP contribution in [0.3, 0.4) is 0 Å². The van der Waals surface area contributed by atoms with Crippen molar-refractivity contribution >= 4 is 17.7 Å². The van der Waals surface area contributed by atoms with Gasteiger partial charge in [-0.05, 0) is 34.8 Å². The van der Waals surface area contributed by atoms with E-state index in [1.54, 1.807) is 13.2 Å². The van der Waals surface area contributed by atoms with Crippen molar-refractivity contribution in [3.63, 3.8) is 0 Å². The van der Waals surface area contributed by atoms with Gasteiger partial charge < -0.3 is 10.1 Å². The highest BCUT2D eigenvalue weighted by atomic mass is 16.5. The number of amides is 1. The molecule has 120 valence electrons. The van der Waals surface area contributed by atoms with Crippen molar-refractivity contribution in [1.29, 1.82) is 0 Å². The molecule has 0 radical (unpaired) electrons. The van der Waals surface area contributed by atoms with E-state index in [-0.39, 0.29) is 11.3 Å². The van der Waals surface area contributed by atoms with Crippen molar-refractivity contribution in [2.75, 3.05) is 12.4 Å². The topological polar surface area (TPSA) is 38.3 Å². The number of rotatable bonds is 4. The molecular weight excluding hydrogens is 286 g/mol. The third-order valence-corrected chi connectivity index (χ3v) is 3.57. The first-order valence-corrected chi connectivity index (χ1v) is 7.63. The summed E-state index contributed by atoms with van der Waals surface area (Å²) in [6.07, 6.45) is 3.33. The first-order chi connectivity index (χ1) is 10.9. The molecule has 0 unspecified atom stereocenters. The van der Waals surface area contributed by atoms with Gasteiger partial charge in [-0.2, -0.15) is 0 Å². The Hall–Kier alpha value is -2.55. The molecular formula is C20H23NO2. The fourth-order valence-corrected chi connectivity index (χ4v) is 2.19. The summed E-state index contributed by atoms with van der Waals surface area (Å²) in [5.41, 5.74) is 3.05. The molecule has 2 aromatic carbocycles. The van der Waals surface area contributed by atoms with Gasteiger partial charge in [0.25, 0.3) is 0 Å². The Balaban J connectivity index is 2.04. The highest BCUT2D eigenvalue weighted by molar-refractivity contribution is 6.02. The molecule has 2 aromatic rings. The maximum atomic E-state index is 12.0. The van der Waals surface area contributed by atoms with Crippen molar-refractivity contribution in [1.82, 2.24) is 0 Å². The quantitative estimate of drug-likeness (QED) is 0.835. The van der Waals surface area contributed by atoms with E-state index in [9.17, 15) is 4.79 Å². The first kappa shape index (κ1) is 16.8. The Morgan fingerprint density at radius 2 is 1.70 bits per heavy atom. The van der Waals surface area contributed by atoms with E-state index < -0.39 is 0 Å². The number of hydrogen-bond donors (Lipinski definition) is 1. The molecule has 23 heavy (non-hydrogen) atoms. The number of para-hydroxylation sites is 2. The monoisotopic (exact) mass is 309 g/mol. The summed E-state index contributed by atoms with van der Waals surface area (Å²) >= 11 is 0. The molecule has 0 heterocycles. The Kier molecular flexibility index (Phi) is 5.22. The van der Waals surface area contributed by atoms with E-state index in [0.717, 1.165) is 5.56 Å². The molecule has 1 N–H and O–H groups in total. The van der Waals surface area contributed by atoms with Gasteiger partial charge in [0, 0.05) is 6.08 Å². The van der Waals surface area contributed by atoms with E-state index in [1.165, 1.54) is 11.6 Å². The van der Waals surface area contributed by atoms with Crippen molar-refractivity contribution in [3.05, 3.63) is 65.7 Å². The zero-order valence-electron chi connectivity index (χ0n) is 14.1. The van der Waals surface area contributed by atoms with E-state index in [1.807, 2.05) is 36.4 Å². The molecule has 0 aliphatic rings. The SMILES string of the molecule is COc1ccccc1NC(=O)/C=C/c1ccc(C(C)(C)C)cc1. The molecule has 0 fully saturated rings. The molecule has 0 saturated heterocycles. The van der Waals surface area contributed by atoms with Crippen LogP contribution >= 0.6 is 0 Å². The average Bonchev–Trinajstić information content (AvgIpc) is 2.53. The Bertz CT molecular complexity index is 694. The number of ether oxygens (including phenoxy) is 1. The van der Waals surface area contributed by atoms with Crippen LogP contribution in [0.25, 0.3) is 6.08 Å². The van der Waals surface area contributed by atoms with Crippen LogP contribution in [-0.4, -0.2) is 13.0 Å². The van der Waals surface area contributed by atoms with Gasteiger partial charge in [0.05, 0.1) is 12.8 Å². The molecule has 3 heteroatoms. The number of carbonyl (C=O) groups is 1. The molecule has 1 amide bonds. The van der Waals surface area contributed by atoms with Gasteiger partial charge in [-0.25, -0.2) is 0 Å². The lowest BCUT2D eigenvalue weighted by molar-refractivity contribution is -0.111. The molecule has 0 atom stereocenters. The second-order valence-corrected chi connectivity index (χ2v) is 6.39. The van der Waals surface area contributed by atoms with Gasteiger partial charge in [0.1, 0.15) is 5.75 Å². The second kappa shape index (κ2) is 7.14. The summed E-state index contributed by atoms with van der Waals surface area (Å²) in [6.45, 7) is 6.54. The number of anilines is 1. The minimum absolute atomic E-state index is 0.128. The van der Waals surface area contributed by atoms with Gasteiger partial charge in [-0.3, -0.25) is 4.79 Å². The first-order valence-electron chi connectivity index (χ1n) is 7.63. The minimum Gasteiger partial charge on any atom is -0.495 e. The summed E-state index contributed by atoms with van der Waals surface area (Å²) in [5, 5.41) is 2.82. The lowest BCUT2D eigenvalue weighted by Gasteiger charge is -2.18. The number of nitrogens with one attached hydrogen (secondary N) is 1. The van der Waals surface area contributed by atoms with Gasteiger partial charge in [-0.1, -0.05) is 57.2 Å². The molecule has 2 rings (SSSR count). The Morgan fingerprint density at radius 1 is 1.04 bits per heavy atom. The molecule has 0 aromatic heterocycles. The van der Waals surface area contributed by atoms with Crippen LogP contribution in [0.15, 0.2) is 54.6 Å². The van der Waals surface area contributed by atoms with E-state index in [2.05, 4.69) is 38.2 Å². The summed E-state index contributed by atoms with van der Waals surface area (Å²) in [4.78, 5) is 12.0. The lowest BCUT2D eigenvalue weighted by atomic mass is 9.87. The van der Waals surface area contributed by atoms with Crippen LogP contribution in [0.4, 0.5) is 5.69 Å². The van der Waals surface area contributed by atoms with Gasteiger partial charge in [0.15, 0.2) is 0 Å². The van der Waals surface area contributed by atoms with E-state index in [4.69, 9.17) is 4.74 Å². The zero-order valence-corrected chi connectivity index (χ0v) is 14.1. The fraction of sp³-hybridized carbons (Fsp3) is 0.250. The zero-order chi connectivity index (χ0) is 16.9. The van der Waals surface area contributed by atoms with Crippen LogP contribution in [0.5, 0.6) is 5.75 Å². The van der Waals surface area contributed by atoms with E-state index >= 15 is 0 Å². The third kappa shape index (κ3) is 4.71. The van der Waals surface area contributed by atoms with Crippen molar-refractivity contribution < 1.29 is 9.53 Å². The molecule has 0 aliphatic carbocycles. The lowest BCUT2D eigenvalue weighted by Crippen LogP contribution is -2.10. The van der Waals surface area contributed by atoms with Gasteiger partial charge in [-0.15, -0.1) is 0 Å². The summed E-state index contributed by atoms with van der Waals surface area (Å²) in [7, 11) is 1.58. The normalized spacial score (nSPS) is 11.5. The molecule has 0 aliphatic heterocycles. The van der Waals surface area contributed by atoms with Crippen LogP contribution in [0.2, 0.25) is 0 Å². The summed E-state index contributed by atoms with van der Waals surface area (Å²) in [5.74, 6) is 0.457. The highest BCUT2D eigenvalue weighted by Crippen LogP contribution is 2.24. The van der Waals surface area contributed by atoms with Crippen LogP contribution in [0.1, 0.15) is 31.9 Å². The number of hydrogen-bond acceptors (Lipinski definition) is 2. The third-order valence-electron chi connectivity index (χ3n) is 3.57. The van der Waals surface area contributed by atoms with Gasteiger partial charge in [0.2, 0.25) is 5.91 Å². The highest BCUT2D eigenvalue weighted by Gasteiger charge is 2.12. The van der Waals surface area contributed by atoms with Crippen molar-refractivity contribution in [2.45, 2.75) is 26.2 Å². The van der Waals surface area contributed by atoms with Gasteiger partial charge >= 0.3 is 0 Å². The number of carbonyl (C=O) groups excluding carboxylic acids is 1.